The standard InChI is InChI=1S/C26H24ClF2N3O5.C18H21NO5.C14H13NO5.C13H12O3.C12H13ClF2N2O.C11H10O2.C6H11BrO2/c1-14(33)19-12-31(21-7-6-15(8-18(19)21)26(36)37-2)13-23(34)32-11-17(28)9-22(32)25(35)30-10-16-4-3-5-20(27)24(16)29;1-11(20)14-9-19(10-16(21)24-18(2,3)4)15-7-6-12(8-13(14)15)17(22)23-5;1-8(16)11-6-15(7-13(17)18)12-4-3-9(5-10(11)12)14(19)20-2;1-8(14)11-6-5-9-3-4-10(7-12(9)11)13(15)16-2;13-9-3-1-2-7(11(9)15)5-17-12(18)10-4-8(14)6-16-10;1-13-11(12)10-6-5-8-3-2-4-9(8)7-10;1-6(2,3)9-5(8)4-7/h3-8,12,17,22H,9-11,13H2,1-2H3,(H,30,35);6-9H,10H2,1-5H3;3-6H,7H2,1-2H3,(H,17,18);3-4,6-7H,5H2,1-2H3;1-3,8,10,16H,4-6H2,(H,17,18);2,4-7H,3H2,1H3;4H2,1-3H3/t17-,22+;;;;8-,10+;;/m1...1../s1. The van der Waals surface area contributed by atoms with Crippen LogP contribution >= 0.6 is 39.1 Å². The average molecular weight is 2000 g/mol. The Kier molecular flexibility index (Phi) is 38.9. The molecule has 4 aliphatic rings. The molecule has 30 nitrogen and oxygen atoms in total. The van der Waals surface area contributed by atoms with E-state index in [4.69, 9.17) is 47.3 Å². The number of carbonyl (C=O) groups excluding carboxylic acids is 14. The molecule has 7 aromatic carbocycles. The summed E-state index contributed by atoms with van der Waals surface area (Å²) in [5.41, 5.74) is 9.49. The fourth-order valence-electron chi connectivity index (χ4n) is 14.7. The zero-order chi connectivity index (χ0) is 101. The molecule has 3 aromatic heterocycles. The van der Waals surface area contributed by atoms with Gasteiger partial charge >= 0.3 is 47.8 Å². The number of aromatic nitrogens is 3. The first-order valence-electron chi connectivity index (χ1n) is 42.5. The Balaban J connectivity index is 0.000000204. The zero-order valence-electron chi connectivity index (χ0n) is 77.7. The van der Waals surface area contributed by atoms with Gasteiger partial charge in [0.25, 0.3) is 0 Å². The molecule has 0 unspecified atom stereocenters. The van der Waals surface area contributed by atoms with Crippen molar-refractivity contribution in [2.45, 2.75) is 163 Å². The lowest BCUT2D eigenvalue weighted by Gasteiger charge is -2.24. The van der Waals surface area contributed by atoms with Gasteiger partial charge in [-0.1, -0.05) is 93.8 Å². The number of ether oxygens (including phenoxy) is 7. The van der Waals surface area contributed by atoms with E-state index in [0.29, 0.717) is 82.8 Å². The van der Waals surface area contributed by atoms with Crippen molar-refractivity contribution < 1.29 is 128 Å². The van der Waals surface area contributed by atoms with Crippen molar-refractivity contribution in [3.8, 4) is 0 Å². The maximum absolute atomic E-state index is 14.3. The van der Waals surface area contributed by atoms with E-state index >= 15 is 0 Å². The summed E-state index contributed by atoms with van der Waals surface area (Å²) in [5, 5.41) is 18.6. The first-order valence-corrected chi connectivity index (χ1v) is 44.4. The molecule has 0 bridgehead atoms. The maximum Gasteiger partial charge on any atom is 0.337 e. The number of aliphatic carboxylic acids is 1. The number of ketones is 4. The van der Waals surface area contributed by atoms with Crippen molar-refractivity contribution in [3.63, 3.8) is 0 Å². The number of esters is 7. The molecular formula is C100H104BrCl2F4N7O23. The van der Waals surface area contributed by atoms with Crippen LogP contribution < -0.4 is 16.0 Å². The number of carboxylic acid groups (broad SMARTS) is 1. The molecule has 2 saturated heterocycles. The molecule has 10 aromatic rings. The molecule has 14 rings (SSSR count). The average Bonchev–Trinajstić information content (AvgIpc) is 1.63. The van der Waals surface area contributed by atoms with Gasteiger partial charge in [-0.2, -0.15) is 0 Å². The Morgan fingerprint density at radius 2 is 0.898 bits per heavy atom. The number of carbonyl (C=O) groups is 15. The first-order chi connectivity index (χ1) is 64.6. The second kappa shape index (κ2) is 49.1. The van der Waals surface area contributed by atoms with Crippen LogP contribution in [0, 0.1) is 11.6 Å². The Labute approximate surface area is 804 Å². The van der Waals surface area contributed by atoms with E-state index in [1.807, 2.05) is 51.1 Å². The van der Waals surface area contributed by atoms with Gasteiger partial charge < -0.3 is 72.8 Å². The van der Waals surface area contributed by atoms with E-state index in [9.17, 15) is 89.5 Å². The third-order valence-electron chi connectivity index (χ3n) is 21.1. The number of likely N-dealkylation sites (tertiary alicyclic amines) is 1. The molecule has 37 heteroatoms. The zero-order valence-corrected chi connectivity index (χ0v) is 80.8. The van der Waals surface area contributed by atoms with Crippen LogP contribution in [-0.2, 0) is 112 Å². The minimum atomic E-state index is -1.40. The Morgan fingerprint density at radius 3 is 1.30 bits per heavy atom. The predicted molar refractivity (Wildman–Crippen MR) is 506 cm³/mol. The van der Waals surface area contributed by atoms with Gasteiger partial charge in [-0.3, -0.25) is 47.9 Å². The topological polar surface area (TPSA) is 395 Å². The molecule has 137 heavy (non-hydrogen) atoms. The number of fused-ring (bicyclic) bond motifs is 5. The molecule has 2 aliphatic heterocycles. The number of nitrogens with one attached hydrogen (secondary N) is 3. The third-order valence-corrected chi connectivity index (χ3v) is 22.1. The smallest absolute Gasteiger partial charge is 0.337 e. The van der Waals surface area contributed by atoms with Crippen molar-refractivity contribution in [1.82, 2.24) is 34.6 Å². The molecule has 4 atom stereocenters. The Morgan fingerprint density at radius 1 is 0.489 bits per heavy atom. The van der Waals surface area contributed by atoms with Crippen LogP contribution in [0.1, 0.15) is 198 Å². The quantitative estimate of drug-likeness (QED) is 0.0161. The number of hydrogen-bond acceptors (Lipinski definition) is 23. The van der Waals surface area contributed by atoms with Crippen molar-refractivity contribution in [1.29, 1.82) is 0 Å². The lowest BCUT2D eigenvalue weighted by atomic mass is 10.0. The molecule has 2 aliphatic carbocycles. The van der Waals surface area contributed by atoms with Crippen LogP contribution in [0.15, 0.2) is 158 Å². The van der Waals surface area contributed by atoms with Crippen molar-refractivity contribution in [3.05, 3.63) is 258 Å². The summed E-state index contributed by atoms with van der Waals surface area (Å²) < 4.78 is 93.1. The molecule has 3 amide bonds. The van der Waals surface area contributed by atoms with E-state index in [1.165, 1.54) is 133 Å². The number of halogens is 7. The molecule has 2 fully saturated rings. The number of benzene rings is 7. The highest BCUT2D eigenvalue weighted by Crippen LogP contribution is 2.33. The van der Waals surface area contributed by atoms with Gasteiger partial charge in [0.2, 0.25) is 17.7 Å². The summed E-state index contributed by atoms with van der Waals surface area (Å²) in [5.74, 6) is -7.09. The van der Waals surface area contributed by atoms with E-state index in [2.05, 4.69) is 52.2 Å². The SMILES string of the molecule is CC(C)(C)OC(=O)CBr.COC(=O)c1ccc2c(c1)C(C(C)=O)=CC2.COC(=O)c1ccc2c(c1)C=CC2.COC(=O)c1ccc2c(c1)c(C(C)=O)cn2CC(=O)N1C[C@H](F)C[C@H]1C(=O)NCc1cccc(Cl)c1F.COC(=O)c1ccc2c(c1)c(C(C)=O)cn2CC(=O)O.COC(=O)c1ccc2c(c1)c(C(C)=O)cn2CC(=O)OC(C)(C)C.O=C(NCc1cccc(Cl)c1F)[C@@H]1C[C@@H](F)CN1. The minimum Gasteiger partial charge on any atom is -0.480 e. The number of hydrogen-bond donors (Lipinski definition) is 4. The maximum atomic E-state index is 14.3. The first kappa shape index (κ1) is 109. The monoisotopic (exact) mass is 2000 g/mol. The van der Waals surface area contributed by atoms with Gasteiger partial charge in [0.15, 0.2) is 23.1 Å². The lowest BCUT2D eigenvalue weighted by molar-refractivity contribution is -0.155. The normalized spacial score (nSPS) is 14.6. The van der Waals surface area contributed by atoms with Crippen molar-refractivity contribution >= 4 is 172 Å². The Hall–Kier alpha value is -13.8. The van der Waals surface area contributed by atoms with Gasteiger partial charge in [-0.25, -0.2) is 41.5 Å². The molecular weight excluding hydrogens is 1890 g/mol. The second-order valence-electron chi connectivity index (χ2n) is 33.4. The van der Waals surface area contributed by atoms with Crippen molar-refractivity contribution in [2.24, 2.45) is 0 Å². The largest absolute Gasteiger partial charge is 0.480 e. The summed E-state index contributed by atoms with van der Waals surface area (Å²) in [6, 6.07) is 32.5. The fourth-order valence-corrected chi connectivity index (χ4v) is 15.2. The van der Waals surface area contributed by atoms with E-state index in [1.54, 1.807) is 98.3 Å². The highest BCUT2D eigenvalue weighted by atomic mass is 79.9. The fraction of sp³-hybridized carbons (Fsp3) is 0.330. The van der Waals surface area contributed by atoms with E-state index in [0.717, 1.165) is 34.4 Å². The lowest BCUT2D eigenvalue weighted by Crippen LogP contribution is -2.46. The number of amides is 3. The van der Waals surface area contributed by atoms with Gasteiger partial charge in [0.05, 0.1) is 86.0 Å². The van der Waals surface area contributed by atoms with E-state index in [-0.39, 0.29) is 138 Å². The number of methoxy groups -OCH3 is 5. The highest BCUT2D eigenvalue weighted by Gasteiger charge is 2.40. The van der Waals surface area contributed by atoms with E-state index < -0.39 is 83.3 Å². The van der Waals surface area contributed by atoms with Crippen molar-refractivity contribution in [2.75, 3.05) is 54.0 Å². The van der Waals surface area contributed by atoms with Crippen LogP contribution in [0.2, 0.25) is 10.0 Å². The number of rotatable bonds is 22. The van der Waals surface area contributed by atoms with Crippen LogP contribution in [0.5, 0.6) is 0 Å². The molecule has 0 spiro atoms. The number of Topliss-reactive ketones (excluding diaryl/α,β-unsaturated/α-hetero) is 4. The molecule has 726 valence electrons. The number of allylic oxidation sites excluding steroid dienone is 3. The van der Waals surface area contributed by atoms with Crippen LogP contribution in [0.25, 0.3) is 44.4 Å². The van der Waals surface area contributed by atoms with Gasteiger partial charge in [0, 0.05) is 117 Å². The second-order valence-corrected chi connectivity index (χ2v) is 34.7. The van der Waals surface area contributed by atoms with Gasteiger partial charge in [-0.15, -0.1) is 0 Å². The Bertz CT molecular complexity index is 6360. The molecule has 4 N–H and O–H groups in total. The molecule has 0 radical (unpaired) electrons. The number of nitrogens with zero attached hydrogens (tertiary/aromatic N) is 4. The number of carboxylic acids is 1. The van der Waals surface area contributed by atoms with Gasteiger partial charge in [0.1, 0.15) is 66.2 Å². The summed E-state index contributed by atoms with van der Waals surface area (Å²) in [4.78, 5) is 177. The molecule has 0 saturated carbocycles. The predicted octanol–water partition coefficient (Wildman–Crippen LogP) is 15.9. The van der Waals surface area contributed by atoms with Gasteiger partial charge in [-0.05, 0) is 195 Å². The van der Waals surface area contributed by atoms with Crippen LogP contribution in [0.4, 0.5) is 17.6 Å². The summed E-state index contributed by atoms with van der Waals surface area (Å²) in [7, 11) is 6.55. The summed E-state index contributed by atoms with van der Waals surface area (Å²) in [6.07, 6.45) is 9.89. The third kappa shape index (κ3) is 29.9. The minimum absolute atomic E-state index is 0.0153. The number of alkyl halides is 3. The van der Waals surface area contributed by atoms with Crippen LogP contribution in [0.3, 0.4) is 0 Å². The highest BCUT2D eigenvalue weighted by molar-refractivity contribution is 9.09. The summed E-state index contributed by atoms with van der Waals surface area (Å²) in [6.45, 7) is 15.9. The summed E-state index contributed by atoms with van der Waals surface area (Å²) >= 11 is 14.4. The molecule has 5 heterocycles. The van der Waals surface area contributed by atoms with Crippen LogP contribution in [-0.4, -0.2) is 202 Å².